The van der Waals surface area contributed by atoms with Crippen LogP contribution < -0.4 is 10.9 Å². The van der Waals surface area contributed by atoms with Gasteiger partial charge in [0.05, 0.1) is 18.2 Å². The van der Waals surface area contributed by atoms with E-state index in [9.17, 15) is 14.4 Å². The number of nitrogens with one attached hydrogen (secondary N) is 1. The van der Waals surface area contributed by atoms with Crippen molar-refractivity contribution in [1.29, 1.82) is 5.26 Å². The molecule has 1 aliphatic rings. The van der Waals surface area contributed by atoms with Crippen LogP contribution >= 0.6 is 11.6 Å². The van der Waals surface area contributed by atoms with Crippen molar-refractivity contribution in [3.63, 3.8) is 0 Å². The molecule has 1 fully saturated rings. The number of hydrogen-bond donors (Lipinski definition) is 1. The lowest BCUT2D eigenvalue weighted by Gasteiger charge is -2.22. The van der Waals surface area contributed by atoms with Crippen molar-refractivity contribution in [2.75, 3.05) is 0 Å². The van der Waals surface area contributed by atoms with Crippen LogP contribution in [0.2, 0.25) is 5.02 Å². The Balaban J connectivity index is 1.73. The van der Waals surface area contributed by atoms with Crippen molar-refractivity contribution in [3.05, 3.63) is 80.2 Å². The molecule has 2 heterocycles. The largest absolute Gasteiger partial charge is 0.423 e. The maximum Gasteiger partial charge on any atom is 0.336 e. The maximum atomic E-state index is 13.2. The second-order valence-corrected chi connectivity index (χ2v) is 7.93. The molecule has 0 bridgehead atoms. The number of nitrogens with zero attached hydrogens (tertiary/aromatic N) is 2. The van der Waals surface area contributed by atoms with Gasteiger partial charge in [-0.05, 0) is 54.3 Å². The van der Waals surface area contributed by atoms with Crippen molar-refractivity contribution in [3.8, 4) is 6.07 Å². The van der Waals surface area contributed by atoms with E-state index in [1.165, 1.54) is 6.07 Å². The molecule has 0 saturated carbocycles. The lowest BCUT2D eigenvalue weighted by Crippen LogP contribution is -2.40. The number of rotatable bonds is 4. The van der Waals surface area contributed by atoms with E-state index in [4.69, 9.17) is 21.3 Å². The number of carbonyl (C=O) groups excluding carboxylic acids is 2. The molecular formula is C23H18ClN3O4. The molecule has 3 amide bonds. The van der Waals surface area contributed by atoms with E-state index in [-0.39, 0.29) is 6.54 Å². The smallest absolute Gasteiger partial charge is 0.336 e. The van der Waals surface area contributed by atoms with Crippen LogP contribution in [0.4, 0.5) is 4.79 Å². The van der Waals surface area contributed by atoms with E-state index in [0.29, 0.717) is 39.1 Å². The van der Waals surface area contributed by atoms with Gasteiger partial charge in [0.15, 0.2) is 0 Å². The summed E-state index contributed by atoms with van der Waals surface area (Å²) in [6.45, 7) is 3.43. The summed E-state index contributed by atoms with van der Waals surface area (Å²) in [5.41, 5.74) is 0.792. The van der Waals surface area contributed by atoms with Crippen LogP contribution in [0.15, 0.2) is 51.7 Å². The fourth-order valence-corrected chi connectivity index (χ4v) is 4.07. The minimum absolute atomic E-state index is 0.111. The highest BCUT2D eigenvalue weighted by Crippen LogP contribution is 2.32. The number of aryl methyl sites for hydroxylation is 1. The Bertz CT molecular complexity index is 1320. The fourth-order valence-electron chi connectivity index (χ4n) is 3.78. The first-order chi connectivity index (χ1) is 14.8. The predicted octanol–water partition coefficient (Wildman–Crippen LogP) is 3.85. The molecule has 3 aromatic rings. The molecule has 1 N–H and O–H groups in total. The molecule has 0 radical (unpaired) electrons. The third-order valence-corrected chi connectivity index (χ3v) is 5.92. The van der Waals surface area contributed by atoms with E-state index in [2.05, 4.69) is 5.32 Å². The number of amides is 3. The van der Waals surface area contributed by atoms with Crippen molar-refractivity contribution in [2.45, 2.75) is 32.4 Å². The molecule has 31 heavy (non-hydrogen) atoms. The summed E-state index contributed by atoms with van der Waals surface area (Å²) in [4.78, 5) is 39.1. The zero-order valence-corrected chi connectivity index (χ0v) is 17.6. The second kappa shape index (κ2) is 7.56. The third kappa shape index (κ3) is 3.45. The molecular weight excluding hydrogens is 418 g/mol. The quantitative estimate of drug-likeness (QED) is 0.495. The molecule has 4 rings (SSSR count). The van der Waals surface area contributed by atoms with Gasteiger partial charge in [0.25, 0.3) is 5.91 Å². The summed E-state index contributed by atoms with van der Waals surface area (Å²) in [5, 5.41) is 12.8. The van der Waals surface area contributed by atoms with Crippen molar-refractivity contribution in [1.82, 2.24) is 10.2 Å². The lowest BCUT2D eigenvalue weighted by atomic mass is 9.91. The van der Waals surface area contributed by atoms with Gasteiger partial charge in [0.1, 0.15) is 11.1 Å². The Kier molecular flexibility index (Phi) is 5.03. The lowest BCUT2D eigenvalue weighted by molar-refractivity contribution is -0.131. The van der Waals surface area contributed by atoms with Crippen molar-refractivity contribution < 1.29 is 14.0 Å². The first-order valence-corrected chi connectivity index (χ1v) is 10.0. The van der Waals surface area contributed by atoms with E-state index in [1.807, 2.05) is 13.0 Å². The van der Waals surface area contributed by atoms with Crippen LogP contribution in [-0.4, -0.2) is 16.8 Å². The molecule has 156 valence electrons. The minimum Gasteiger partial charge on any atom is -0.423 e. The molecule has 2 aromatic carbocycles. The van der Waals surface area contributed by atoms with Gasteiger partial charge in [0.2, 0.25) is 0 Å². The predicted molar refractivity (Wildman–Crippen MR) is 114 cm³/mol. The van der Waals surface area contributed by atoms with E-state index in [1.54, 1.807) is 43.3 Å². The van der Waals surface area contributed by atoms with Crippen molar-refractivity contribution in [2.24, 2.45) is 0 Å². The molecule has 0 spiro atoms. The van der Waals surface area contributed by atoms with E-state index in [0.717, 1.165) is 10.5 Å². The Morgan fingerprint density at radius 3 is 2.48 bits per heavy atom. The fraction of sp³-hybridized carbons (Fsp3) is 0.217. The van der Waals surface area contributed by atoms with E-state index < -0.39 is 23.1 Å². The molecule has 8 heteroatoms. The van der Waals surface area contributed by atoms with Crippen LogP contribution in [0.1, 0.15) is 36.1 Å². The molecule has 1 aromatic heterocycles. The number of benzene rings is 2. The van der Waals surface area contributed by atoms with Crippen LogP contribution in [-0.2, 0) is 23.3 Å². The highest BCUT2D eigenvalue weighted by atomic mass is 35.5. The van der Waals surface area contributed by atoms with Gasteiger partial charge in [-0.3, -0.25) is 9.69 Å². The summed E-state index contributed by atoms with van der Waals surface area (Å²) in [5.74, 6) is -0.458. The SMILES string of the molecule is CCc1cc2oc(=O)cc(CN3C(=O)NC(C)(c4ccc(C#N)cc4)C3=O)c2cc1Cl. The zero-order chi connectivity index (χ0) is 22.3. The Hall–Kier alpha value is -3.63. The second-order valence-electron chi connectivity index (χ2n) is 7.52. The number of imide groups is 1. The summed E-state index contributed by atoms with van der Waals surface area (Å²) in [7, 11) is 0. The van der Waals surface area contributed by atoms with Gasteiger partial charge >= 0.3 is 11.7 Å². The Labute approximate surface area is 182 Å². The molecule has 0 aliphatic carbocycles. The number of carbonyl (C=O) groups is 2. The normalized spacial score (nSPS) is 18.3. The highest BCUT2D eigenvalue weighted by Gasteiger charge is 2.49. The van der Waals surface area contributed by atoms with Gasteiger partial charge in [-0.15, -0.1) is 0 Å². The van der Waals surface area contributed by atoms with Gasteiger partial charge in [-0.1, -0.05) is 30.7 Å². The van der Waals surface area contributed by atoms with Gasteiger partial charge < -0.3 is 9.73 Å². The molecule has 1 atom stereocenters. The van der Waals surface area contributed by atoms with Gasteiger partial charge in [-0.25, -0.2) is 9.59 Å². The molecule has 7 nitrogen and oxygen atoms in total. The summed E-state index contributed by atoms with van der Waals surface area (Å²) >= 11 is 6.34. The number of hydrogen-bond acceptors (Lipinski definition) is 5. The summed E-state index contributed by atoms with van der Waals surface area (Å²) in [6.07, 6.45) is 0.665. The summed E-state index contributed by atoms with van der Waals surface area (Å²) in [6, 6.07) is 12.6. The van der Waals surface area contributed by atoms with Crippen LogP contribution in [0, 0.1) is 11.3 Å². The molecule has 1 unspecified atom stereocenters. The first-order valence-electron chi connectivity index (χ1n) is 9.66. The minimum atomic E-state index is -1.28. The molecule has 1 aliphatic heterocycles. The van der Waals surface area contributed by atoms with Crippen LogP contribution in [0.5, 0.6) is 0 Å². The van der Waals surface area contributed by atoms with Crippen LogP contribution in [0.3, 0.4) is 0 Å². The first kappa shape index (κ1) is 20.6. The average Bonchev–Trinajstić information content (AvgIpc) is 2.97. The van der Waals surface area contributed by atoms with Crippen LogP contribution in [0.25, 0.3) is 11.0 Å². The summed E-state index contributed by atoms with van der Waals surface area (Å²) < 4.78 is 5.31. The Morgan fingerprint density at radius 1 is 1.13 bits per heavy atom. The van der Waals surface area contributed by atoms with Crippen molar-refractivity contribution >= 4 is 34.5 Å². The number of urea groups is 1. The number of halogens is 1. The number of fused-ring (bicyclic) bond motifs is 1. The Morgan fingerprint density at radius 2 is 1.84 bits per heavy atom. The highest BCUT2D eigenvalue weighted by molar-refractivity contribution is 6.32. The monoisotopic (exact) mass is 435 g/mol. The number of nitriles is 1. The molecule has 1 saturated heterocycles. The average molecular weight is 436 g/mol. The third-order valence-electron chi connectivity index (χ3n) is 5.57. The standard InChI is InChI=1S/C23H18ClN3O4/c1-3-14-8-19-17(10-18(14)24)15(9-20(28)31-19)12-27-21(29)23(2,26-22(27)30)16-6-4-13(11-25)5-7-16/h4-10H,3,12H2,1-2H3,(H,26,30). The van der Waals surface area contributed by atoms with E-state index >= 15 is 0 Å². The van der Waals surface area contributed by atoms with Gasteiger partial charge in [0, 0.05) is 16.5 Å². The topological polar surface area (TPSA) is 103 Å². The maximum absolute atomic E-state index is 13.2. The zero-order valence-electron chi connectivity index (χ0n) is 16.9. The van der Waals surface area contributed by atoms with Gasteiger partial charge in [-0.2, -0.15) is 5.26 Å².